The fourth-order valence-electron chi connectivity index (χ4n) is 5.00. The molecule has 0 bridgehead atoms. The van der Waals surface area contributed by atoms with Crippen LogP contribution in [0.15, 0.2) is 91.0 Å². The van der Waals surface area contributed by atoms with E-state index in [9.17, 15) is 19.8 Å². The molecule has 0 spiro atoms. The molecular formula is C33H44N4O5. The zero-order valence-corrected chi connectivity index (χ0v) is 24.4. The molecule has 0 saturated heterocycles. The molecule has 226 valence electrons. The molecule has 7 N–H and O–H groups in total. The average molecular weight is 577 g/mol. The van der Waals surface area contributed by atoms with E-state index in [-0.39, 0.29) is 32.0 Å². The molecule has 42 heavy (non-hydrogen) atoms. The summed E-state index contributed by atoms with van der Waals surface area (Å²) in [7, 11) is 0. The summed E-state index contributed by atoms with van der Waals surface area (Å²) in [6, 6.07) is 25.9. The summed E-state index contributed by atoms with van der Waals surface area (Å²) in [4.78, 5) is 27.6. The number of hydrogen-bond acceptors (Lipinski definition) is 7. The van der Waals surface area contributed by atoms with Gasteiger partial charge >= 0.3 is 6.09 Å². The number of nitrogens with one attached hydrogen (secondary N) is 1. The van der Waals surface area contributed by atoms with E-state index in [0.717, 1.165) is 16.7 Å². The van der Waals surface area contributed by atoms with Crippen LogP contribution in [0.2, 0.25) is 0 Å². The van der Waals surface area contributed by atoms with Crippen LogP contribution in [0.25, 0.3) is 0 Å². The van der Waals surface area contributed by atoms with Gasteiger partial charge in [-0.05, 0) is 35.4 Å². The van der Waals surface area contributed by atoms with E-state index in [1.165, 1.54) is 4.90 Å². The summed E-state index contributed by atoms with van der Waals surface area (Å²) >= 11 is 0. The van der Waals surface area contributed by atoms with Crippen LogP contribution in [0.4, 0.5) is 4.79 Å². The van der Waals surface area contributed by atoms with E-state index in [1.807, 2.05) is 91.0 Å². The van der Waals surface area contributed by atoms with Gasteiger partial charge in [0, 0.05) is 19.1 Å². The minimum Gasteiger partial charge on any atom is -0.445 e. The van der Waals surface area contributed by atoms with Gasteiger partial charge in [-0.25, -0.2) is 4.79 Å². The first kappa shape index (κ1) is 32.8. The van der Waals surface area contributed by atoms with Crippen molar-refractivity contribution >= 4 is 12.0 Å². The van der Waals surface area contributed by atoms with Crippen LogP contribution >= 0.6 is 0 Å². The largest absolute Gasteiger partial charge is 0.445 e. The van der Waals surface area contributed by atoms with E-state index in [4.69, 9.17) is 16.2 Å². The lowest BCUT2D eigenvalue weighted by Gasteiger charge is -2.40. The van der Waals surface area contributed by atoms with Crippen LogP contribution < -0.4 is 16.8 Å². The first-order chi connectivity index (χ1) is 20.2. The van der Waals surface area contributed by atoms with Crippen LogP contribution in [0.3, 0.4) is 0 Å². The number of nitrogens with zero attached hydrogens (tertiary/aromatic N) is 1. The first-order valence-electron chi connectivity index (χ1n) is 14.4. The molecule has 3 aromatic rings. The summed E-state index contributed by atoms with van der Waals surface area (Å²) in [5, 5.41) is 25.2. The molecule has 1 unspecified atom stereocenters. The standard InChI is InChI=1S/C33H44N4O5/c1-23(2)31(32(35)40)37(33(41)42-22-26-16-10-5-11-17-26)28(19-25-14-8-4-9-15-25)30(39)21-36-20-29(38)27(34)18-24-12-6-3-7-13-24/h3-17,23,27-31,36,38-39H,18-22,34H2,1-2H3,(H2,35,40)/t27-,28-,29?,30+,31+/m1/s1. The number of primary amides is 1. The maximum Gasteiger partial charge on any atom is 0.411 e. The van der Waals surface area contributed by atoms with Gasteiger partial charge < -0.3 is 31.7 Å². The zero-order chi connectivity index (χ0) is 30.5. The highest BCUT2D eigenvalue weighted by atomic mass is 16.6. The van der Waals surface area contributed by atoms with Gasteiger partial charge in [0.1, 0.15) is 12.6 Å². The Hall–Kier alpha value is -3.76. The SMILES string of the molecule is CC(C)[C@@H](C(N)=O)N(C(=O)OCc1ccccc1)[C@H](Cc1ccccc1)[C@@H](O)CNCC(O)[C@H](N)Cc1ccccc1. The van der Waals surface area contributed by atoms with Gasteiger partial charge in [0.2, 0.25) is 5.91 Å². The third kappa shape index (κ3) is 9.95. The second kappa shape index (κ2) is 16.6. The van der Waals surface area contributed by atoms with Gasteiger partial charge in [0.05, 0.1) is 18.2 Å². The Labute approximate surface area is 248 Å². The number of ether oxygens (including phenoxy) is 1. The van der Waals surface area contributed by atoms with Crippen molar-refractivity contribution < 1.29 is 24.5 Å². The van der Waals surface area contributed by atoms with Crippen LogP contribution in [0, 0.1) is 5.92 Å². The summed E-state index contributed by atoms with van der Waals surface area (Å²) in [5.74, 6) is -1.04. The number of nitrogens with two attached hydrogens (primary N) is 2. The Balaban J connectivity index is 1.79. The lowest BCUT2D eigenvalue weighted by Crippen LogP contribution is -2.60. The lowest BCUT2D eigenvalue weighted by molar-refractivity contribution is -0.126. The Morgan fingerprint density at radius 1 is 0.786 bits per heavy atom. The Bertz CT molecular complexity index is 1210. The smallest absolute Gasteiger partial charge is 0.411 e. The van der Waals surface area contributed by atoms with E-state index < -0.39 is 42.3 Å². The van der Waals surface area contributed by atoms with Crippen LogP contribution in [0.5, 0.6) is 0 Å². The molecule has 3 rings (SSSR count). The number of carbonyl (C=O) groups is 2. The molecular weight excluding hydrogens is 532 g/mol. The zero-order valence-electron chi connectivity index (χ0n) is 24.4. The van der Waals surface area contributed by atoms with Crippen LogP contribution in [-0.4, -0.2) is 70.5 Å². The van der Waals surface area contributed by atoms with E-state index in [1.54, 1.807) is 13.8 Å². The lowest BCUT2D eigenvalue weighted by atomic mass is 9.94. The van der Waals surface area contributed by atoms with Crippen molar-refractivity contribution in [2.75, 3.05) is 13.1 Å². The van der Waals surface area contributed by atoms with E-state index >= 15 is 0 Å². The topological polar surface area (TPSA) is 151 Å². The van der Waals surface area contributed by atoms with Gasteiger partial charge in [-0.2, -0.15) is 0 Å². The number of amides is 2. The number of aliphatic hydroxyl groups excluding tert-OH is 2. The van der Waals surface area contributed by atoms with Crippen molar-refractivity contribution in [3.63, 3.8) is 0 Å². The Kier molecular flexibility index (Phi) is 13.0. The monoisotopic (exact) mass is 576 g/mol. The fraction of sp³-hybridized carbons (Fsp3) is 0.394. The Morgan fingerprint density at radius 3 is 1.76 bits per heavy atom. The minimum atomic E-state index is -1.13. The molecule has 9 heteroatoms. The van der Waals surface area contributed by atoms with Gasteiger partial charge in [-0.15, -0.1) is 0 Å². The summed E-state index contributed by atoms with van der Waals surface area (Å²) in [5.41, 5.74) is 14.7. The molecule has 0 aromatic heterocycles. The molecule has 0 fully saturated rings. The van der Waals surface area contributed by atoms with Crippen molar-refractivity contribution in [3.05, 3.63) is 108 Å². The third-order valence-corrected chi connectivity index (χ3v) is 7.24. The maximum absolute atomic E-state index is 13.7. The van der Waals surface area contributed by atoms with Crippen molar-refractivity contribution in [2.24, 2.45) is 17.4 Å². The minimum absolute atomic E-state index is 0.00233. The average Bonchev–Trinajstić information content (AvgIpc) is 2.98. The van der Waals surface area contributed by atoms with Crippen LogP contribution in [-0.2, 0) is 29.0 Å². The van der Waals surface area contributed by atoms with Gasteiger partial charge in [-0.1, -0.05) is 105 Å². The Morgan fingerprint density at radius 2 is 1.26 bits per heavy atom. The molecule has 0 aliphatic carbocycles. The highest BCUT2D eigenvalue weighted by Crippen LogP contribution is 2.22. The van der Waals surface area contributed by atoms with Gasteiger partial charge in [0.15, 0.2) is 0 Å². The maximum atomic E-state index is 13.7. The number of benzene rings is 3. The number of rotatable bonds is 16. The predicted octanol–water partition coefficient (Wildman–Crippen LogP) is 2.63. The van der Waals surface area contributed by atoms with Crippen molar-refractivity contribution in [1.82, 2.24) is 10.2 Å². The van der Waals surface area contributed by atoms with E-state index in [0.29, 0.717) is 6.42 Å². The molecule has 0 aliphatic rings. The summed E-state index contributed by atoms with van der Waals surface area (Å²) in [6.45, 7) is 3.74. The second-order valence-corrected chi connectivity index (χ2v) is 10.9. The second-order valence-electron chi connectivity index (χ2n) is 10.9. The molecule has 0 radical (unpaired) electrons. The van der Waals surface area contributed by atoms with Gasteiger partial charge in [0.25, 0.3) is 0 Å². The van der Waals surface area contributed by atoms with Crippen LogP contribution in [0.1, 0.15) is 30.5 Å². The molecule has 9 nitrogen and oxygen atoms in total. The first-order valence-corrected chi connectivity index (χ1v) is 14.4. The van der Waals surface area contributed by atoms with E-state index in [2.05, 4.69) is 5.32 Å². The molecule has 3 aromatic carbocycles. The number of hydrogen-bond donors (Lipinski definition) is 5. The fourth-order valence-corrected chi connectivity index (χ4v) is 5.00. The van der Waals surface area contributed by atoms with Gasteiger partial charge in [-0.3, -0.25) is 9.69 Å². The van der Waals surface area contributed by atoms with Crippen molar-refractivity contribution in [3.8, 4) is 0 Å². The van der Waals surface area contributed by atoms with Crippen molar-refractivity contribution in [2.45, 2.75) is 63.6 Å². The molecule has 0 heterocycles. The van der Waals surface area contributed by atoms with Crippen molar-refractivity contribution in [1.29, 1.82) is 0 Å². The molecule has 2 amide bonds. The molecule has 5 atom stereocenters. The summed E-state index contributed by atoms with van der Waals surface area (Å²) in [6.07, 6.45) is -2.00. The molecule has 0 saturated carbocycles. The number of aliphatic hydroxyl groups is 2. The highest BCUT2D eigenvalue weighted by Gasteiger charge is 2.40. The normalized spacial score (nSPS) is 14.9. The molecule has 0 aliphatic heterocycles. The quantitative estimate of drug-likeness (QED) is 0.176. The number of carbonyl (C=O) groups excluding carboxylic acids is 2. The highest BCUT2D eigenvalue weighted by molar-refractivity contribution is 5.84. The third-order valence-electron chi connectivity index (χ3n) is 7.24. The predicted molar refractivity (Wildman–Crippen MR) is 163 cm³/mol. The summed E-state index contributed by atoms with van der Waals surface area (Å²) < 4.78 is 5.66.